The fourth-order valence-corrected chi connectivity index (χ4v) is 2.05. The van der Waals surface area contributed by atoms with Gasteiger partial charge in [0, 0.05) is 13.1 Å². The smallest absolute Gasteiger partial charge is 0.146 e. The maximum absolute atomic E-state index is 13.8. The van der Waals surface area contributed by atoms with Crippen molar-refractivity contribution in [2.45, 2.75) is 32.4 Å². The van der Waals surface area contributed by atoms with Crippen molar-refractivity contribution in [3.8, 4) is 0 Å². The van der Waals surface area contributed by atoms with E-state index in [2.05, 4.69) is 6.92 Å². The Morgan fingerprint density at radius 3 is 2.69 bits per heavy atom. The summed E-state index contributed by atoms with van der Waals surface area (Å²) >= 11 is 0. The molecule has 1 fully saturated rings. The van der Waals surface area contributed by atoms with Gasteiger partial charge in [-0.3, -0.25) is 0 Å². The lowest BCUT2D eigenvalue weighted by atomic mass is 10.1. The van der Waals surface area contributed by atoms with Crippen molar-refractivity contribution in [3.63, 3.8) is 0 Å². The van der Waals surface area contributed by atoms with Gasteiger partial charge in [-0.05, 0) is 43.4 Å². The Morgan fingerprint density at radius 1 is 1.50 bits per heavy atom. The topological polar surface area (TPSA) is 23.5 Å². The molecule has 1 atom stereocenters. The molecular weight excluding hydrogens is 205 g/mol. The van der Waals surface area contributed by atoms with Crippen LogP contribution in [0.1, 0.15) is 25.3 Å². The molecule has 88 valence electrons. The summed E-state index contributed by atoms with van der Waals surface area (Å²) in [6.45, 7) is 2.02. The van der Waals surface area contributed by atoms with E-state index in [-0.39, 0.29) is 12.4 Å². The lowest BCUT2D eigenvalue weighted by molar-refractivity contribution is 0.281. The molecule has 1 aliphatic carbocycles. The van der Waals surface area contributed by atoms with E-state index in [0.717, 1.165) is 0 Å². The average Bonchev–Trinajstić information content (AvgIpc) is 3.10. The molecule has 0 aromatic heterocycles. The first-order valence-electron chi connectivity index (χ1n) is 5.75. The zero-order valence-corrected chi connectivity index (χ0v) is 9.78. The maximum atomic E-state index is 13.8. The molecule has 1 N–H and O–H groups in total. The first-order valence-corrected chi connectivity index (χ1v) is 5.75. The number of halogens is 1. The molecular formula is C13H18FNO. The van der Waals surface area contributed by atoms with Crippen LogP contribution in [-0.2, 0) is 6.61 Å². The molecule has 0 aliphatic heterocycles. The monoisotopic (exact) mass is 223 g/mol. The van der Waals surface area contributed by atoms with E-state index in [1.165, 1.54) is 18.9 Å². The number of benzene rings is 1. The van der Waals surface area contributed by atoms with Crippen molar-refractivity contribution in [3.05, 3.63) is 29.6 Å². The number of rotatable bonds is 4. The number of hydrogen-bond donors (Lipinski definition) is 1. The van der Waals surface area contributed by atoms with Crippen LogP contribution in [0, 0.1) is 11.7 Å². The Kier molecular flexibility index (Phi) is 3.15. The van der Waals surface area contributed by atoms with Gasteiger partial charge in [0.15, 0.2) is 0 Å². The number of aliphatic hydroxyl groups is 1. The lowest BCUT2D eigenvalue weighted by Gasteiger charge is -2.27. The van der Waals surface area contributed by atoms with Gasteiger partial charge in [-0.1, -0.05) is 6.07 Å². The van der Waals surface area contributed by atoms with Gasteiger partial charge >= 0.3 is 0 Å². The van der Waals surface area contributed by atoms with Gasteiger partial charge in [0.05, 0.1) is 12.3 Å². The van der Waals surface area contributed by atoms with Gasteiger partial charge in [0.2, 0.25) is 0 Å². The highest BCUT2D eigenvalue weighted by Crippen LogP contribution is 2.36. The molecule has 1 aromatic carbocycles. The van der Waals surface area contributed by atoms with Gasteiger partial charge < -0.3 is 10.0 Å². The fraction of sp³-hybridized carbons (Fsp3) is 0.538. The second kappa shape index (κ2) is 4.42. The molecule has 16 heavy (non-hydrogen) atoms. The van der Waals surface area contributed by atoms with Crippen LogP contribution >= 0.6 is 0 Å². The number of anilines is 1. The molecule has 1 unspecified atom stereocenters. The van der Waals surface area contributed by atoms with Crippen molar-refractivity contribution >= 4 is 5.69 Å². The summed E-state index contributed by atoms with van der Waals surface area (Å²) in [6, 6.07) is 5.31. The van der Waals surface area contributed by atoms with Crippen molar-refractivity contribution in [1.82, 2.24) is 0 Å². The third-order valence-electron chi connectivity index (χ3n) is 3.49. The Bertz CT molecular complexity index is 376. The van der Waals surface area contributed by atoms with Crippen molar-refractivity contribution in [2.75, 3.05) is 11.9 Å². The van der Waals surface area contributed by atoms with E-state index < -0.39 is 0 Å². The van der Waals surface area contributed by atoms with Crippen molar-refractivity contribution in [2.24, 2.45) is 5.92 Å². The van der Waals surface area contributed by atoms with E-state index in [1.807, 2.05) is 11.9 Å². The number of aliphatic hydroxyl groups excluding tert-OH is 1. The molecule has 1 aromatic rings. The molecule has 0 spiro atoms. The first-order chi connectivity index (χ1) is 7.63. The van der Waals surface area contributed by atoms with Crippen molar-refractivity contribution < 1.29 is 9.50 Å². The first kappa shape index (κ1) is 11.4. The maximum Gasteiger partial charge on any atom is 0.146 e. The van der Waals surface area contributed by atoms with Crippen LogP contribution in [0.4, 0.5) is 10.1 Å². The van der Waals surface area contributed by atoms with Crippen LogP contribution in [0.3, 0.4) is 0 Å². The summed E-state index contributed by atoms with van der Waals surface area (Å²) in [4.78, 5) is 1.99. The van der Waals surface area contributed by atoms with Gasteiger partial charge in [0.25, 0.3) is 0 Å². The van der Waals surface area contributed by atoms with Crippen molar-refractivity contribution in [1.29, 1.82) is 0 Å². The van der Waals surface area contributed by atoms with Gasteiger partial charge in [-0.2, -0.15) is 0 Å². The predicted molar refractivity (Wildman–Crippen MR) is 62.9 cm³/mol. The average molecular weight is 223 g/mol. The summed E-state index contributed by atoms with van der Waals surface area (Å²) in [5, 5.41) is 8.92. The molecule has 0 bridgehead atoms. The molecule has 0 radical (unpaired) electrons. The summed E-state index contributed by atoms with van der Waals surface area (Å²) in [6.07, 6.45) is 2.50. The zero-order valence-electron chi connectivity index (χ0n) is 9.78. The Hall–Kier alpha value is -1.09. The van der Waals surface area contributed by atoms with Crippen LogP contribution in [0.15, 0.2) is 18.2 Å². The predicted octanol–water partition coefficient (Wildman–Crippen LogP) is 2.55. The number of nitrogens with zero attached hydrogens (tertiary/aromatic N) is 1. The van der Waals surface area contributed by atoms with E-state index in [0.29, 0.717) is 23.2 Å². The highest BCUT2D eigenvalue weighted by Gasteiger charge is 2.31. The fourth-order valence-electron chi connectivity index (χ4n) is 2.05. The minimum absolute atomic E-state index is 0.112. The quantitative estimate of drug-likeness (QED) is 0.848. The van der Waals surface area contributed by atoms with E-state index in [4.69, 9.17) is 5.11 Å². The molecule has 1 aliphatic rings. The summed E-state index contributed by atoms with van der Waals surface area (Å²) < 4.78 is 13.8. The molecule has 0 saturated heterocycles. The molecule has 0 amide bonds. The van der Waals surface area contributed by atoms with Crippen LogP contribution in [0.2, 0.25) is 0 Å². The largest absolute Gasteiger partial charge is 0.392 e. The second-order valence-electron chi connectivity index (χ2n) is 4.63. The molecule has 3 heteroatoms. The molecule has 2 nitrogen and oxygen atoms in total. The van der Waals surface area contributed by atoms with Crippen LogP contribution < -0.4 is 4.90 Å². The van der Waals surface area contributed by atoms with Gasteiger partial charge in [-0.25, -0.2) is 4.39 Å². The standard InChI is InChI=1S/C13H18FNO/c1-9(11-4-5-11)15(2)13-6-3-10(8-16)7-12(13)14/h3,6-7,9,11,16H,4-5,8H2,1-2H3. The van der Waals surface area contributed by atoms with E-state index in [9.17, 15) is 4.39 Å². The Balaban J connectivity index is 2.18. The molecule has 2 rings (SSSR count). The van der Waals surface area contributed by atoms with E-state index >= 15 is 0 Å². The summed E-state index contributed by atoms with van der Waals surface area (Å²) in [5.41, 5.74) is 1.24. The molecule has 1 saturated carbocycles. The Morgan fingerprint density at radius 2 is 2.19 bits per heavy atom. The lowest BCUT2D eigenvalue weighted by Crippen LogP contribution is -2.31. The highest BCUT2D eigenvalue weighted by molar-refractivity contribution is 5.49. The van der Waals surface area contributed by atoms with Crippen LogP contribution in [0.25, 0.3) is 0 Å². The summed E-state index contributed by atoms with van der Waals surface area (Å²) in [5.74, 6) is 0.462. The van der Waals surface area contributed by atoms with Crippen LogP contribution in [0.5, 0.6) is 0 Å². The van der Waals surface area contributed by atoms with Crippen LogP contribution in [-0.4, -0.2) is 18.2 Å². The van der Waals surface area contributed by atoms with Gasteiger partial charge in [0.1, 0.15) is 5.82 Å². The SMILES string of the molecule is CC(C1CC1)N(C)c1ccc(CO)cc1F. The zero-order chi connectivity index (χ0) is 11.7. The Labute approximate surface area is 95.7 Å². The molecule has 0 heterocycles. The minimum atomic E-state index is -0.249. The highest BCUT2D eigenvalue weighted by atomic mass is 19.1. The number of hydrogen-bond acceptors (Lipinski definition) is 2. The third kappa shape index (κ3) is 2.19. The second-order valence-corrected chi connectivity index (χ2v) is 4.63. The van der Waals surface area contributed by atoms with Gasteiger partial charge in [-0.15, -0.1) is 0 Å². The minimum Gasteiger partial charge on any atom is -0.392 e. The summed E-state index contributed by atoms with van der Waals surface area (Å²) in [7, 11) is 1.93. The third-order valence-corrected chi connectivity index (χ3v) is 3.49. The normalized spacial score (nSPS) is 17.2. The van der Waals surface area contributed by atoms with E-state index in [1.54, 1.807) is 12.1 Å².